The summed E-state index contributed by atoms with van der Waals surface area (Å²) in [7, 11) is 0. The van der Waals surface area contributed by atoms with Crippen molar-refractivity contribution >= 4 is 0 Å². The smallest absolute Gasteiger partial charge is 0.0158 e. The van der Waals surface area contributed by atoms with Crippen molar-refractivity contribution in [2.24, 2.45) is 11.8 Å². The lowest BCUT2D eigenvalue weighted by molar-refractivity contribution is 0.419. The molecule has 74 valence electrons. The second kappa shape index (κ2) is 6.05. The minimum atomic E-state index is 0.771. The van der Waals surface area contributed by atoms with Gasteiger partial charge in [-0.15, -0.1) is 5.73 Å². The van der Waals surface area contributed by atoms with Gasteiger partial charge in [-0.3, -0.25) is 0 Å². The first-order chi connectivity index (χ1) is 6.29. The van der Waals surface area contributed by atoms with Crippen LogP contribution in [-0.2, 0) is 0 Å². The summed E-state index contributed by atoms with van der Waals surface area (Å²) in [6, 6.07) is 0. The minimum absolute atomic E-state index is 0.771. The Hall–Kier alpha value is -0.480. The SMILES string of the molecule is CC(C)CC=C=CC1CCCCC1. The van der Waals surface area contributed by atoms with Gasteiger partial charge in [0.05, 0.1) is 0 Å². The van der Waals surface area contributed by atoms with E-state index in [1.165, 1.54) is 38.5 Å². The molecule has 1 aliphatic rings. The average molecular weight is 178 g/mol. The van der Waals surface area contributed by atoms with Gasteiger partial charge in [0, 0.05) is 0 Å². The normalized spacial score (nSPS) is 18.4. The molecule has 0 aromatic heterocycles. The zero-order chi connectivity index (χ0) is 9.52. The molecule has 0 spiro atoms. The summed E-state index contributed by atoms with van der Waals surface area (Å²) >= 11 is 0. The lowest BCUT2D eigenvalue weighted by Crippen LogP contribution is -2.01. The molecule has 0 N–H and O–H groups in total. The third kappa shape index (κ3) is 4.95. The van der Waals surface area contributed by atoms with Crippen molar-refractivity contribution in [3.63, 3.8) is 0 Å². The van der Waals surface area contributed by atoms with Crippen LogP contribution in [0.3, 0.4) is 0 Å². The second-order valence-electron chi connectivity index (χ2n) is 4.57. The molecular formula is C13H22. The predicted octanol–water partition coefficient (Wildman–Crippen LogP) is 4.32. The highest BCUT2D eigenvalue weighted by Gasteiger charge is 2.08. The van der Waals surface area contributed by atoms with E-state index < -0.39 is 0 Å². The van der Waals surface area contributed by atoms with E-state index >= 15 is 0 Å². The molecular weight excluding hydrogens is 156 g/mol. The highest BCUT2D eigenvalue weighted by atomic mass is 14.1. The molecule has 0 nitrogen and oxygen atoms in total. The van der Waals surface area contributed by atoms with Gasteiger partial charge >= 0.3 is 0 Å². The van der Waals surface area contributed by atoms with E-state index in [1.807, 2.05) is 0 Å². The molecule has 0 unspecified atom stereocenters. The third-order valence-electron chi connectivity index (χ3n) is 2.69. The van der Waals surface area contributed by atoms with Gasteiger partial charge in [0.15, 0.2) is 0 Å². The van der Waals surface area contributed by atoms with Gasteiger partial charge in [-0.2, -0.15) is 0 Å². The van der Waals surface area contributed by atoms with Crippen LogP contribution in [0.15, 0.2) is 17.9 Å². The molecule has 0 atom stereocenters. The van der Waals surface area contributed by atoms with Crippen molar-refractivity contribution in [1.29, 1.82) is 0 Å². The highest BCUT2D eigenvalue weighted by molar-refractivity contribution is 4.91. The third-order valence-corrected chi connectivity index (χ3v) is 2.69. The molecule has 0 aliphatic heterocycles. The van der Waals surface area contributed by atoms with Crippen LogP contribution >= 0.6 is 0 Å². The Kier molecular flexibility index (Phi) is 4.93. The van der Waals surface area contributed by atoms with Crippen LogP contribution in [0.1, 0.15) is 52.4 Å². The van der Waals surface area contributed by atoms with Crippen LogP contribution < -0.4 is 0 Å². The number of rotatable bonds is 3. The fourth-order valence-electron chi connectivity index (χ4n) is 1.81. The van der Waals surface area contributed by atoms with E-state index in [0.717, 1.165) is 11.8 Å². The first kappa shape index (κ1) is 10.6. The first-order valence-corrected chi connectivity index (χ1v) is 5.70. The van der Waals surface area contributed by atoms with Crippen molar-refractivity contribution < 1.29 is 0 Å². The monoisotopic (exact) mass is 178 g/mol. The molecule has 13 heavy (non-hydrogen) atoms. The van der Waals surface area contributed by atoms with Gasteiger partial charge in [-0.05, 0) is 43.3 Å². The summed E-state index contributed by atoms with van der Waals surface area (Å²) < 4.78 is 0. The number of hydrogen-bond donors (Lipinski definition) is 0. The fraction of sp³-hybridized carbons (Fsp3) is 0.769. The molecule has 0 heterocycles. The van der Waals surface area contributed by atoms with Gasteiger partial charge in [0.25, 0.3) is 0 Å². The summed E-state index contributed by atoms with van der Waals surface area (Å²) in [6.45, 7) is 4.50. The average Bonchev–Trinajstić information content (AvgIpc) is 2.14. The predicted molar refractivity (Wildman–Crippen MR) is 58.7 cm³/mol. The van der Waals surface area contributed by atoms with Crippen molar-refractivity contribution in [3.8, 4) is 0 Å². The van der Waals surface area contributed by atoms with Crippen LogP contribution in [0.25, 0.3) is 0 Å². The molecule has 0 aromatic carbocycles. The fourth-order valence-corrected chi connectivity index (χ4v) is 1.81. The Balaban J connectivity index is 2.24. The first-order valence-electron chi connectivity index (χ1n) is 5.70. The Morgan fingerprint density at radius 1 is 1.23 bits per heavy atom. The van der Waals surface area contributed by atoms with Gasteiger partial charge in [0.1, 0.15) is 0 Å². The Morgan fingerprint density at radius 3 is 2.54 bits per heavy atom. The lowest BCUT2D eigenvalue weighted by atomic mass is 9.89. The van der Waals surface area contributed by atoms with Crippen molar-refractivity contribution in [2.45, 2.75) is 52.4 Å². The van der Waals surface area contributed by atoms with Crippen LogP contribution in [0.4, 0.5) is 0 Å². The van der Waals surface area contributed by atoms with E-state index in [2.05, 4.69) is 31.7 Å². The molecule has 0 heteroatoms. The maximum Gasteiger partial charge on any atom is -0.0158 e. The van der Waals surface area contributed by atoms with Crippen molar-refractivity contribution in [3.05, 3.63) is 17.9 Å². The Bertz CT molecular complexity index is 176. The molecule has 1 rings (SSSR count). The van der Waals surface area contributed by atoms with Gasteiger partial charge in [0.2, 0.25) is 0 Å². The summed E-state index contributed by atoms with van der Waals surface area (Å²) in [5.74, 6) is 1.60. The standard InChI is InChI=1S/C13H22/c1-12(2)8-6-7-11-13-9-4-3-5-10-13/h6,11-13H,3-5,8-10H2,1-2H3. The summed E-state index contributed by atoms with van der Waals surface area (Å²) in [5.41, 5.74) is 3.34. The van der Waals surface area contributed by atoms with Crippen molar-refractivity contribution in [1.82, 2.24) is 0 Å². The molecule has 1 fully saturated rings. The van der Waals surface area contributed by atoms with Gasteiger partial charge in [-0.1, -0.05) is 33.1 Å². The lowest BCUT2D eigenvalue weighted by Gasteiger charge is -2.16. The minimum Gasteiger partial charge on any atom is -0.129 e. The highest BCUT2D eigenvalue weighted by Crippen LogP contribution is 2.24. The molecule has 0 amide bonds. The van der Waals surface area contributed by atoms with Crippen LogP contribution in [0.5, 0.6) is 0 Å². The van der Waals surface area contributed by atoms with Gasteiger partial charge < -0.3 is 0 Å². The van der Waals surface area contributed by atoms with E-state index in [0.29, 0.717) is 0 Å². The Labute approximate surface area is 82.7 Å². The van der Waals surface area contributed by atoms with Gasteiger partial charge in [-0.25, -0.2) is 0 Å². The maximum atomic E-state index is 3.34. The number of hydrogen-bond acceptors (Lipinski definition) is 0. The topological polar surface area (TPSA) is 0 Å². The molecule has 0 radical (unpaired) electrons. The van der Waals surface area contributed by atoms with E-state index in [4.69, 9.17) is 0 Å². The van der Waals surface area contributed by atoms with E-state index in [9.17, 15) is 0 Å². The van der Waals surface area contributed by atoms with Crippen LogP contribution in [-0.4, -0.2) is 0 Å². The summed E-state index contributed by atoms with van der Waals surface area (Å²) in [6.07, 6.45) is 12.7. The van der Waals surface area contributed by atoms with E-state index in [1.54, 1.807) is 0 Å². The molecule has 1 aliphatic carbocycles. The Morgan fingerprint density at radius 2 is 1.92 bits per heavy atom. The zero-order valence-corrected chi connectivity index (χ0v) is 9.05. The molecule has 0 aromatic rings. The summed E-state index contributed by atoms with van der Waals surface area (Å²) in [5, 5.41) is 0. The van der Waals surface area contributed by atoms with Crippen LogP contribution in [0, 0.1) is 11.8 Å². The molecule has 0 bridgehead atoms. The second-order valence-corrected chi connectivity index (χ2v) is 4.57. The van der Waals surface area contributed by atoms with E-state index in [-0.39, 0.29) is 0 Å². The molecule has 1 saturated carbocycles. The number of allylic oxidation sites excluding steroid dienone is 1. The van der Waals surface area contributed by atoms with Crippen LogP contribution in [0.2, 0.25) is 0 Å². The largest absolute Gasteiger partial charge is 0.129 e. The zero-order valence-electron chi connectivity index (χ0n) is 9.05. The molecule has 0 saturated heterocycles. The van der Waals surface area contributed by atoms with Crippen molar-refractivity contribution in [2.75, 3.05) is 0 Å². The maximum absolute atomic E-state index is 3.34. The quantitative estimate of drug-likeness (QED) is 0.564. The summed E-state index contributed by atoms with van der Waals surface area (Å²) in [4.78, 5) is 0.